The maximum Gasteiger partial charge on any atom is 0.269 e. The molecular formula is C15H20N4OS. The standard InChI is InChI=1S/C15H20N4OS/c1-15(2,3)12-9-21-13(17-12)8-19-14(20)7-11-10(18-19)5-4-6-16-11/h7,9,16H,4-6,8H2,1-3H3. The summed E-state index contributed by atoms with van der Waals surface area (Å²) >= 11 is 1.59. The van der Waals surface area contributed by atoms with Crippen molar-refractivity contribution in [1.29, 1.82) is 0 Å². The van der Waals surface area contributed by atoms with Gasteiger partial charge < -0.3 is 5.32 Å². The SMILES string of the molecule is CC(C)(C)c1csc(Cn2nc3c(cc2=O)NCCC3)n1. The number of hydrogen-bond acceptors (Lipinski definition) is 5. The van der Waals surface area contributed by atoms with E-state index in [0.717, 1.165) is 41.5 Å². The summed E-state index contributed by atoms with van der Waals surface area (Å²) in [5, 5.41) is 10.7. The fourth-order valence-electron chi connectivity index (χ4n) is 2.32. The first-order chi connectivity index (χ1) is 9.93. The summed E-state index contributed by atoms with van der Waals surface area (Å²) in [4.78, 5) is 16.8. The number of rotatable bonds is 2. The molecule has 1 N–H and O–H groups in total. The number of aromatic nitrogens is 3. The van der Waals surface area contributed by atoms with Crippen LogP contribution in [0.1, 0.15) is 43.6 Å². The molecular weight excluding hydrogens is 284 g/mol. The number of anilines is 1. The molecule has 0 saturated heterocycles. The van der Waals surface area contributed by atoms with E-state index in [9.17, 15) is 4.79 Å². The van der Waals surface area contributed by atoms with Crippen molar-refractivity contribution in [2.45, 2.75) is 45.6 Å². The summed E-state index contributed by atoms with van der Waals surface area (Å²) in [6.45, 7) is 7.79. The second-order valence-electron chi connectivity index (χ2n) is 6.41. The Morgan fingerprint density at radius 2 is 2.24 bits per heavy atom. The summed E-state index contributed by atoms with van der Waals surface area (Å²) in [5.41, 5.74) is 2.89. The summed E-state index contributed by atoms with van der Waals surface area (Å²) in [6.07, 6.45) is 1.98. The van der Waals surface area contributed by atoms with Crippen molar-refractivity contribution in [1.82, 2.24) is 14.8 Å². The molecule has 3 rings (SSSR count). The predicted molar refractivity (Wildman–Crippen MR) is 85.2 cm³/mol. The molecule has 3 heterocycles. The van der Waals surface area contributed by atoms with Gasteiger partial charge in [0.05, 0.1) is 23.6 Å². The molecule has 0 aliphatic carbocycles. The van der Waals surface area contributed by atoms with Crippen molar-refractivity contribution >= 4 is 17.0 Å². The Morgan fingerprint density at radius 1 is 1.43 bits per heavy atom. The molecule has 6 heteroatoms. The fraction of sp³-hybridized carbons (Fsp3) is 0.533. The molecule has 5 nitrogen and oxygen atoms in total. The van der Waals surface area contributed by atoms with Gasteiger partial charge >= 0.3 is 0 Å². The second kappa shape index (κ2) is 5.26. The zero-order chi connectivity index (χ0) is 15.0. The predicted octanol–water partition coefficient (Wildman–Crippen LogP) is 2.40. The Morgan fingerprint density at radius 3 is 2.95 bits per heavy atom. The minimum atomic E-state index is -0.0735. The van der Waals surface area contributed by atoms with Crippen molar-refractivity contribution in [3.8, 4) is 0 Å². The van der Waals surface area contributed by atoms with Gasteiger partial charge in [-0.25, -0.2) is 9.67 Å². The number of hydrogen-bond donors (Lipinski definition) is 1. The Bertz CT molecular complexity index is 711. The van der Waals surface area contributed by atoms with E-state index in [4.69, 9.17) is 0 Å². The highest BCUT2D eigenvalue weighted by atomic mass is 32.1. The van der Waals surface area contributed by atoms with Gasteiger partial charge in [0, 0.05) is 23.4 Å². The maximum atomic E-state index is 12.1. The minimum absolute atomic E-state index is 0.0346. The minimum Gasteiger partial charge on any atom is -0.383 e. The zero-order valence-electron chi connectivity index (χ0n) is 12.6. The number of nitrogens with one attached hydrogen (secondary N) is 1. The molecule has 2 aromatic rings. The maximum absolute atomic E-state index is 12.1. The van der Waals surface area contributed by atoms with Crippen LogP contribution < -0.4 is 10.9 Å². The van der Waals surface area contributed by atoms with Crippen LogP contribution >= 0.6 is 11.3 Å². The lowest BCUT2D eigenvalue weighted by Crippen LogP contribution is -2.27. The number of thiazole rings is 1. The van der Waals surface area contributed by atoms with Gasteiger partial charge in [0.25, 0.3) is 5.56 Å². The van der Waals surface area contributed by atoms with Gasteiger partial charge in [-0.3, -0.25) is 4.79 Å². The molecule has 0 amide bonds. The molecule has 0 unspecified atom stereocenters. The van der Waals surface area contributed by atoms with E-state index in [2.05, 4.69) is 41.6 Å². The summed E-state index contributed by atoms with van der Waals surface area (Å²) in [7, 11) is 0. The van der Waals surface area contributed by atoms with E-state index < -0.39 is 0 Å². The topological polar surface area (TPSA) is 59.8 Å². The van der Waals surface area contributed by atoms with Gasteiger partial charge in [0.2, 0.25) is 0 Å². The molecule has 1 aliphatic heterocycles. The fourth-order valence-corrected chi connectivity index (χ4v) is 3.32. The van der Waals surface area contributed by atoms with Crippen molar-refractivity contribution in [2.24, 2.45) is 0 Å². The molecule has 0 bridgehead atoms. The van der Waals surface area contributed by atoms with Crippen LogP contribution in [-0.2, 0) is 18.4 Å². The highest BCUT2D eigenvalue weighted by molar-refractivity contribution is 7.09. The van der Waals surface area contributed by atoms with E-state index in [1.165, 1.54) is 4.68 Å². The lowest BCUT2D eigenvalue weighted by atomic mass is 9.93. The van der Waals surface area contributed by atoms with Crippen LogP contribution in [0.2, 0.25) is 0 Å². The molecule has 0 radical (unpaired) electrons. The van der Waals surface area contributed by atoms with Crippen LogP contribution in [0.15, 0.2) is 16.2 Å². The van der Waals surface area contributed by atoms with Crippen LogP contribution in [-0.4, -0.2) is 21.3 Å². The highest BCUT2D eigenvalue weighted by Gasteiger charge is 2.18. The molecule has 0 atom stereocenters. The first-order valence-electron chi connectivity index (χ1n) is 7.23. The molecule has 1 aliphatic rings. The third-order valence-electron chi connectivity index (χ3n) is 3.59. The largest absolute Gasteiger partial charge is 0.383 e. The monoisotopic (exact) mass is 304 g/mol. The molecule has 0 fully saturated rings. The van der Waals surface area contributed by atoms with Gasteiger partial charge in [-0.1, -0.05) is 20.8 Å². The Labute approximate surface area is 128 Å². The average Bonchev–Trinajstić information content (AvgIpc) is 2.88. The Kier molecular flexibility index (Phi) is 3.57. The number of fused-ring (bicyclic) bond motifs is 1. The van der Waals surface area contributed by atoms with Gasteiger partial charge in [-0.2, -0.15) is 5.10 Å². The van der Waals surface area contributed by atoms with Crippen molar-refractivity contribution in [2.75, 3.05) is 11.9 Å². The van der Waals surface area contributed by atoms with Crippen LogP contribution in [0.5, 0.6) is 0 Å². The third kappa shape index (κ3) is 3.00. The van der Waals surface area contributed by atoms with Crippen LogP contribution in [0.3, 0.4) is 0 Å². The van der Waals surface area contributed by atoms with E-state index in [-0.39, 0.29) is 11.0 Å². The van der Waals surface area contributed by atoms with Crippen LogP contribution in [0.4, 0.5) is 5.69 Å². The molecule has 21 heavy (non-hydrogen) atoms. The average molecular weight is 304 g/mol. The van der Waals surface area contributed by atoms with E-state index in [1.54, 1.807) is 17.4 Å². The molecule has 2 aromatic heterocycles. The van der Waals surface area contributed by atoms with Gasteiger partial charge in [-0.05, 0) is 12.8 Å². The van der Waals surface area contributed by atoms with Crippen molar-refractivity contribution in [3.63, 3.8) is 0 Å². The number of nitrogens with zero attached hydrogens (tertiary/aromatic N) is 3. The van der Waals surface area contributed by atoms with Crippen LogP contribution in [0, 0.1) is 0 Å². The van der Waals surface area contributed by atoms with E-state index in [1.807, 2.05) is 0 Å². The molecule has 0 aromatic carbocycles. The molecule has 0 spiro atoms. The Hall–Kier alpha value is -1.69. The third-order valence-corrected chi connectivity index (χ3v) is 4.42. The number of aryl methyl sites for hydroxylation is 1. The summed E-state index contributed by atoms with van der Waals surface area (Å²) in [6, 6.07) is 1.65. The van der Waals surface area contributed by atoms with Crippen molar-refractivity contribution < 1.29 is 0 Å². The zero-order valence-corrected chi connectivity index (χ0v) is 13.5. The smallest absolute Gasteiger partial charge is 0.269 e. The van der Waals surface area contributed by atoms with E-state index >= 15 is 0 Å². The van der Waals surface area contributed by atoms with E-state index in [0.29, 0.717) is 6.54 Å². The molecule has 112 valence electrons. The highest BCUT2D eigenvalue weighted by Crippen LogP contribution is 2.24. The lowest BCUT2D eigenvalue weighted by molar-refractivity contribution is 0.563. The van der Waals surface area contributed by atoms with Gasteiger partial charge in [0.15, 0.2) is 0 Å². The first kappa shape index (κ1) is 14.3. The van der Waals surface area contributed by atoms with Crippen molar-refractivity contribution in [3.05, 3.63) is 38.2 Å². The molecule has 0 saturated carbocycles. The Balaban J connectivity index is 1.88. The van der Waals surface area contributed by atoms with Crippen LogP contribution in [0.25, 0.3) is 0 Å². The van der Waals surface area contributed by atoms with Gasteiger partial charge in [-0.15, -0.1) is 11.3 Å². The quantitative estimate of drug-likeness (QED) is 0.925. The van der Waals surface area contributed by atoms with Gasteiger partial charge in [0.1, 0.15) is 5.01 Å². The lowest BCUT2D eigenvalue weighted by Gasteiger charge is -2.17. The summed E-state index contributed by atoms with van der Waals surface area (Å²) in [5.74, 6) is 0. The first-order valence-corrected chi connectivity index (χ1v) is 8.11. The summed E-state index contributed by atoms with van der Waals surface area (Å²) < 4.78 is 1.52. The normalized spacial score (nSPS) is 14.6. The second-order valence-corrected chi connectivity index (χ2v) is 7.35.